The highest BCUT2D eigenvalue weighted by atomic mass is 16.4. The number of rotatable bonds is 3. The Morgan fingerprint density at radius 1 is 1.29 bits per heavy atom. The van der Waals surface area contributed by atoms with Gasteiger partial charge in [-0.05, 0) is 31.2 Å². The second kappa shape index (κ2) is 5.38. The van der Waals surface area contributed by atoms with Crippen LogP contribution in [0.1, 0.15) is 58.3 Å². The van der Waals surface area contributed by atoms with E-state index in [0.29, 0.717) is 6.42 Å². The van der Waals surface area contributed by atoms with E-state index in [1.807, 2.05) is 0 Å². The molecule has 0 amide bonds. The normalized spacial score (nSPS) is 32.5. The average Bonchev–Trinajstić information content (AvgIpc) is 2.51. The second-order valence-electron chi connectivity index (χ2n) is 6.25. The summed E-state index contributed by atoms with van der Waals surface area (Å²) in [6, 6.07) is 0.730. The van der Waals surface area contributed by atoms with Gasteiger partial charge >= 0.3 is 5.97 Å². The number of hydrogen-bond acceptors (Lipinski definition) is 2. The molecule has 0 radical (unpaired) electrons. The number of nitrogens with zero attached hydrogens (tertiary/aromatic N) is 1. The first-order valence-electron chi connectivity index (χ1n) is 7.05. The van der Waals surface area contributed by atoms with Crippen LogP contribution in [-0.2, 0) is 4.79 Å². The fourth-order valence-corrected chi connectivity index (χ4v) is 3.51. The number of hydrogen-bond donors (Lipinski definition) is 1. The van der Waals surface area contributed by atoms with Gasteiger partial charge in [0.25, 0.3) is 0 Å². The fourth-order valence-electron chi connectivity index (χ4n) is 3.51. The third-order valence-electron chi connectivity index (χ3n) is 4.51. The van der Waals surface area contributed by atoms with E-state index in [-0.39, 0.29) is 5.41 Å². The van der Waals surface area contributed by atoms with Crippen molar-refractivity contribution in [3.05, 3.63) is 0 Å². The summed E-state index contributed by atoms with van der Waals surface area (Å²) in [5, 5.41) is 8.96. The van der Waals surface area contributed by atoms with Crippen LogP contribution < -0.4 is 0 Å². The maximum atomic E-state index is 10.9. The predicted molar refractivity (Wildman–Crippen MR) is 68.0 cm³/mol. The SMILES string of the molecule is CC1(CC(=O)O)CCN(C2CCCCCC2)C1. The van der Waals surface area contributed by atoms with Gasteiger partial charge in [-0.25, -0.2) is 0 Å². The van der Waals surface area contributed by atoms with Crippen molar-refractivity contribution in [2.45, 2.75) is 64.3 Å². The fraction of sp³-hybridized carbons (Fsp3) is 0.929. The Balaban J connectivity index is 1.89. The maximum absolute atomic E-state index is 10.9. The molecule has 1 N–H and O–H groups in total. The minimum absolute atomic E-state index is 0.0120. The molecule has 0 aromatic heterocycles. The molecule has 1 aliphatic heterocycles. The number of carboxylic acids is 1. The lowest BCUT2D eigenvalue weighted by molar-refractivity contribution is -0.139. The van der Waals surface area contributed by atoms with Gasteiger partial charge in [-0.15, -0.1) is 0 Å². The van der Waals surface area contributed by atoms with E-state index in [2.05, 4.69) is 11.8 Å². The molecule has 3 nitrogen and oxygen atoms in total. The molecule has 2 rings (SSSR count). The van der Waals surface area contributed by atoms with Crippen LogP contribution >= 0.6 is 0 Å². The van der Waals surface area contributed by atoms with Gasteiger partial charge in [0, 0.05) is 12.6 Å². The summed E-state index contributed by atoms with van der Waals surface area (Å²) in [5.41, 5.74) is 0.0120. The topological polar surface area (TPSA) is 40.5 Å². The molecule has 3 heteroatoms. The molecule has 1 heterocycles. The first-order chi connectivity index (χ1) is 8.09. The molecule has 1 atom stereocenters. The van der Waals surface area contributed by atoms with Crippen LogP contribution in [0.15, 0.2) is 0 Å². The van der Waals surface area contributed by atoms with Gasteiger partial charge in [-0.1, -0.05) is 32.6 Å². The molecule has 1 unspecified atom stereocenters. The molecular formula is C14H25NO2. The summed E-state index contributed by atoms with van der Waals surface area (Å²) in [6.07, 6.45) is 9.51. The Morgan fingerprint density at radius 3 is 2.53 bits per heavy atom. The molecule has 1 aliphatic carbocycles. The molecule has 1 saturated heterocycles. The smallest absolute Gasteiger partial charge is 0.303 e. The zero-order valence-corrected chi connectivity index (χ0v) is 11.0. The molecule has 0 spiro atoms. The van der Waals surface area contributed by atoms with Crippen LogP contribution in [0.3, 0.4) is 0 Å². The molecular weight excluding hydrogens is 214 g/mol. The zero-order chi connectivity index (χ0) is 12.3. The Bertz CT molecular complexity index is 271. The van der Waals surface area contributed by atoms with Gasteiger partial charge in [0.05, 0.1) is 6.42 Å². The largest absolute Gasteiger partial charge is 0.481 e. The molecule has 0 aromatic rings. The van der Waals surface area contributed by atoms with E-state index in [9.17, 15) is 4.79 Å². The van der Waals surface area contributed by atoms with Crippen LogP contribution in [0.5, 0.6) is 0 Å². The molecule has 1 saturated carbocycles. The zero-order valence-electron chi connectivity index (χ0n) is 11.0. The number of carbonyl (C=O) groups is 1. The van der Waals surface area contributed by atoms with Gasteiger partial charge in [-0.2, -0.15) is 0 Å². The highest BCUT2D eigenvalue weighted by Gasteiger charge is 2.38. The summed E-state index contributed by atoms with van der Waals surface area (Å²) >= 11 is 0. The summed E-state index contributed by atoms with van der Waals surface area (Å²) in [6.45, 7) is 4.23. The van der Waals surface area contributed by atoms with E-state index in [4.69, 9.17) is 5.11 Å². The van der Waals surface area contributed by atoms with E-state index >= 15 is 0 Å². The van der Waals surface area contributed by atoms with E-state index in [1.54, 1.807) is 0 Å². The first kappa shape index (κ1) is 12.9. The van der Waals surface area contributed by atoms with Gasteiger partial charge in [0.15, 0.2) is 0 Å². The molecule has 0 bridgehead atoms. The van der Waals surface area contributed by atoms with Gasteiger partial charge in [-0.3, -0.25) is 9.69 Å². The van der Waals surface area contributed by atoms with Gasteiger partial charge < -0.3 is 5.11 Å². The molecule has 0 aromatic carbocycles. The Morgan fingerprint density at radius 2 is 1.94 bits per heavy atom. The number of carboxylic acid groups (broad SMARTS) is 1. The van der Waals surface area contributed by atoms with Gasteiger partial charge in [0.2, 0.25) is 0 Å². The quantitative estimate of drug-likeness (QED) is 0.770. The van der Waals surface area contributed by atoms with Crippen molar-refractivity contribution in [1.82, 2.24) is 4.90 Å². The van der Waals surface area contributed by atoms with Crippen molar-refractivity contribution in [2.75, 3.05) is 13.1 Å². The summed E-state index contributed by atoms with van der Waals surface area (Å²) in [5.74, 6) is -0.643. The van der Waals surface area contributed by atoms with Crippen LogP contribution in [0.2, 0.25) is 0 Å². The number of likely N-dealkylation sites (tertiary alicyclic amines) is 1. The van der Waals surface area contributed by atoms with Crippen LogP contribution in [0, 0.1) is 5.41 Å². The van der Waals surface area contributed by atoms with Crippen LogP contribution in [0.25, 0.3) is 0 Å². The summed E-state index contributed by atoms with van der Waals surface area (Å²) < 4.78 is 0. The van der Waals surface area contributed by atoms with Crippen molar-refractivity contribution in [3.63, 3.8) is 0 Å². The second-order valence-corrected chi connectivity index (χ2v) is 6.25. The van der Waals surface area contributed by atoms with Crippen molar-refractivity contribution in [1.29, 1.82) is 0 Å². The van der Waals surface area contributed by atoms with Crippen molar-refractivity contribution < 1.29 is 9.90 Å². The minimum Gasteiger partial charge on any atom is -0.481 e. The van der Waals surface area contributed by atoms with E-state index in [0.717, 1.165) is 25.6 Å². The maximum Gasteiger partial charge on any atom is 0.303 e. The van der Waals surface area contributed by atoms with Gasteiger partial charge in [0.1, 0.15) is 0 Å². The lowest BCUT2D eigenvalue weighted by Crippen LogP contribution is -2.35. The Labute approximate surface area is 104 Å². The van der Waals surface area contributed by atoms with E-state index < -0.39 is 5.97 Å². The first-order valence-corrected chi connectivity index (χ1v) is 7.05. The minimum atomic E-state index is -0.643. The summed E-state index contributed by atoms with van der Waals surface area (Å²) in [7, 11) is 0. The van der Waals surface area contributed by atoms with E-state index in [1.165, 1.54) is 38.5 Å². The highest BCUT2D eigenvalue weighted by Crippen LogP contribution is 2.36. The Hall–Kier alpha value is -0.570. The third kappa shape index (κ3) is 3.44. The van der Waals surface area contributed by atoms with Crippen LogP contribution in [-0.4, -0.2) is 35.1 Å². The monoisotopic (exact) mass is 239 g/mol. The third-order valence-corrected chi connectivity index (χ3v) is 4.51. The number of aliphatic carboxylic acids is 1. The molecule has 98 valence electrons. The predicted octanol–water partition coefficient (Wildman–Crippen LogP) is 2.90. The summed E-state index contributed by atoms with van der Waals surface area (Å²) in [4.78, 5) is 13.4. The molecule has 2 aliphatic rings. The van der Waals surface area contributed by atoms with Crippen molar-refractivity contribution in [3.8, 4) is 0 Å². The van der Waals surface area contributed by atoms with Crippen LogP contribution in [0.4, 0.5) is 0 Å². The standard InChI is InChI=1S/C14H25NO2/c1-14(10-13(16)17)8-9-15(11-14)12-6-4-2-3-5-7-12/h12H,2-11H2,1H3,(H,16,17). The highest BCUT2D eigenvalue weighted by molar-refractivity contribution is 5.67. The molecule has 2 fully saturated rings. The average molecular weight is 239 g/mol. The lowest BCUT2D eigenvalue weighted by Gasteiger charge is -2.29. The molecule has 17 heavy (non-hydrogen) atoms. The lowest BCUT2D eigenvalue weighted by atomic mass is 9.86. The Kier molecular flexibility index (Phi) is 4.08. The van der Waals surface area contributed by atoms with Crippen molar-refractivity contribution in [2.24, 2.45) is 5.41 Å². The van der Waals surface area contributed by atoms with Crippen molar-refractivity contribution >= 4 is 5.97 Å².